The quantitative estimate of drug-likeness (QED) is 0.812. The molecule has 2 aromatic rings. The summed E-state index contributed by atoms with van der Waals surface area (Å²) in [5, 5.41) is 0.136. The number of rotatable bonds is 5. The Balaban J connectivity index is 2.14. The zero-order valence-electron chi connectivity index (χ0n) is 10.0. The number of aromatic nitrogens is 2. The highest BCUT2D eigenvalue weighted by molar-refractivity contribution is 9.10. The van der Waals surface area contributed by atoms with Gasteiger partial charge in [0.2, 0.25) is 10.0 Å². The van der Waals surface area contributed by atoms with E-state index in [1.807, 2.05) is 0 Å². The second kappa shape index (κ2) is 6.44. The standard InChI is InChI=1S/C11H10BrCl2N3O2S/c12-7-3-9(13)11(10(14)4-7)20(18,19)17-2-1-8-5-15-6-16-8/h3-6,17H,1-2H2,(H,15,16). The molecule has 108 valence electrons. The van der Waals surface area contributed by atoms with Crippen molar-refractivity contribution in [2.45, 2.75) is 11.3 Å². The zero-order valence-corrected chi connectivity index (χ0v) is 13.9. The average Bonchev–Trinajstić information content (AvgIpc) is 2.79. The summed E-state index contributed by atoms with van der Waals surface area (Å²) < 4.78 is 27.5. The largest absolute Gasteiger partial charge is 0.348 e. The number of aromatic amines is 1. The lowest BCUT2D eigenvalue weighted by molar-refractivity contribution is 0.581. The van der Waals surface area contributed by atoms with Crippen LogP contribution < -0.4 is 4.72 Å². The summed E-state index contributed by atoms with van der Waals surface area (Å²) in [6.45, 7) is 0.216. The minimum absolute atomic E-state index is 0.0680. The van der Waals surface area contributed by atoms with Crippen molar-refractivity contribution in [3.63, 3.8) is 0 Å². The second-order valence-electron chi connectivity index (χ2n) is 3.92. The van der Waals surface area contributed by atoms with Gasteiger partial charge in [-0.15, -0.1) is 0 Å². The molecule has 0 fully saturated rings. The Morgan fingerprint density at radius 1 is 1.30 bits per heavy atom. The van der Waals surface area contributed by atoms with Crippen molar-refractivity contribution in [3.8, 4) is 0 Å². The molecule has 0 saturated heterocycles. The summed E-state index contributed by atoms with van der Waals surface area (Å²) >= 11 is 15.1. The SMILES string of the molecule is O=S(=O)(NCCc1cnc[nH]1)c1c(Cl)cc(Br)cc1Cl. The number of halogens is 3. The number of nitrogens with zero attached hydrogens (tertiary/aromatic N) is 1. The highest BCUT2D eigenvalue weighted by atomic mass is 79.9. The number of imidazole rings is 1. The van der Waals surface area contributed by atoms with Gasteiger partial charge in [-0.25, -0.2) is 18.1 Å². The summed E-state index contributed by atoms with van der Waals surface area (Å²) in [5.74, 6) is 0. The molecule has 0 bridgehead atoms. The van der Waals surface area contributed by atoms with E-state index in [4.69, 9.17) is 23.2 Å². The van der Waals surface area contributed by atoms with Crippen LogP contribution >= 0.6 is 39.1 Å². The number of hydrogen-bond donors (Lipinski definition) is 2. The fourth-order valence-electron chi connectivity index (χ4n) is 1.60. The van der Waals surface area contributed by atoms with Crippen LogP contribution in [0.2, 0.25) is 10.0 Å². The number of sulfonamides is 1. The molecule has 9 heteroatoms. The molecular formula is C11H10BrCl2N3O2S. The van der Waals surface area contributed by atoms with Crippen LogP contribution in [0.1, 0.15) is 5.69 Å². The second-order valence-corrected chi connectivity index (χ2v) is 7.36. The Morgan fingerprint density at radius 3 is 2.50 bits per heavy atom. The van der Waals surface area contributed by atoms with E-state index < -0.39 is 10.0 Å². The van der Waals surface area contributed by atoms with Crippen LogP contribution in [-0.4, -0.2) is 24.9 Å². The molecule has 0 aliphatic heterocycles. The topological polar surface area (TPSA) is 74.8 Å². The Bertz CT molecular complexity index is 681. The van der Waals surface area contributed by atoms with Crippen molar-refractivity contribution in [2.24, 2.45) is 0 Å². The van der Waals surface area contributed by atoms with Gasteiger partial charge >= 0.3 is 0 Å². The maximum atomic E-state index is 12.2. The fraction of sp³-hybridized carbons (Fsp3) is 0.182. The van der Waals surface area contributed by atoms with E-state index in [9.17, 15) is 8.42 Å². The highest BCUT2D eigenvalue weighted by Crippen LogP contribution is 2.32. The summed E-state index contributed by atoms with van der Waals surface area (Å²) in [7, 11) is -3.76. The lowest BCUT2D eigenvalue weighted by Crippen LogP contribution is -2.26. The van der Waals surface area contributed by atoms with Crippen molar-refractivity contribution >= 4 is 49.2 Å². The zero-order chi connectivity index (χ0) is 14.8. The van der Waals surface area contributed by atoms with Gasteiger partial charge in [0.15, 0.2) is 0 Å². The molecule has 0 aliphatic rings. The van der Waals surface area contributed by atoms with Gasteiger partial charge in [0.25, 0.3) is 0 Å². The maximum Gasteiger partial charge on any atom is 0.243 e. The van der Waals surface area contributed by atoms with Crippen molar-refractivity contribution in [3.05, 3.63) is 44.9 Å². The predicted octanol–water partition coefficient (Wildman–Crippen LogP) is 3.00. The van der Waals surface area contributed by atoms with Gasteiger partial charge in [0, 0.05) is 29.3 Å². The first-order valence-corrected chi connectivity index (χ1v) is 8.55. The monoisotopic (exact) mass is 397 g/mol. The maximum absolute atomic E-state index is 12.2. The van der Waals surface area contributed by atoms with Crippen LogP contribution in [0.25, 0.3) is 0 Å². The average molecular weight is 399 g/mol. The van der Waals surface area contributed by atoms with Gasteiger partial charge < -0.3 is 4.98 Å². The Hall–Kier alpha value is -0.600. The first-order chi connectivity index (χ1) is 9.40. The smallest absolute Gasteiger partial charge is 0.243 e. The van der Waals surface area contributed by atoms with Gasteiger partial charge in [-0.05, 0) is 12.1 Å². The number of H-pyrrole nitrogens is 1. The van der Waals surface area contributed by atoms with Crippen molar-refractivity contribution < 1.29 is 8.42 Å². The van der Waals surface area contributed by atoms with Gasteiger partial charge in [-0.3, -0.25) is 0 Å². The third-order valence-electron chi connectivity index (χ3n) is 2.47. The van der Waals surface area contributed by atoms with Gasteiger partial charge in [-0.1, -0.05) is 39.1 Å². The fourth-order valence-corrected chi connectivity index (χ4v) is 4.56. The molecule has 0 spiro atoms. The van der Waals surface area contributed by atoms with Crippen LogP contribution in [0.3, 0.4) is 0 Å². The van der Waals surface area contributed by atoms with E-state index in [1.54, 1.807) is 6.20 Å². The molecule has 0 aliphatic carbocycles. The van der Waals surface area contributed by atoms with Crippen molar-refractivity contribution in [1.29, 1.82) is 0 Å². The molecule has 5 nitrogen and oxygen atoms in total. The lowest BCUT2D eigenvalue weighted by Gasteiger charge is -2.10. The van der Waals surface area contributed by atoms with E-state index in [-0.39, 0.29) is 21.5 Å². The van der Waals surface area contributed by atoms with Crippen molar-refractivity contribution in [2.75, 3.05) is 6.54 Å². The van der Waals surface area contributed by atoms with E-state index in [2.05, 4.69) is 30.6 Å². The van der Waals surface area contributed by atoms with Crippen LogP contribution in [0.15, 0.2) is 34.0 Å². The van der Waals surface area contributed by atoms with E-state index >= 15 is 0 Å². The molecule has 1 aromatic heterocycles. The minimum Gasteiger partial charge on any atom is -0.348 e. The lowest BCUT2D eigenvalue weighted by atomic mass is 10.3. The van der Waals surface area contributed by atoms with Crippen LogP contribution in [-0.2, 0) is 16.4 Å². The summed E-state index contributed by atoms with van der Waals surface area (Å²) in [6, 6.07) is 2.97. The molecule has 0 unspecified atom stereocenters. The van der Waals surface area contributed by atoms with Crippen LogP contribution in [0.5, 0.6) is 0 Å². The molecule has 0 amide bonds. The number of benzene rings is 1. The molecule has 2 N–H and O–H groups in total. The van der Waals surface area contributed by atoms with Crippen LogP contribution in [0.4, 0.5) is 0 Å². The van der Waals surface area contributed by atoms with Crippen LogP contribution in [0, 0.1) is 0 Å². The predicted molar refractivity (Wildman–Crippen MR) is 81.6 cm³/mol. The van der Waals surface area contributed by atoms with Gasteiger partial charge in [0.1, 0.15) is 4.90 Å². The van der Waals surface area contributed by atoms with E-state index in [0.29, 0.717) is 10.9 Å². The summed E-state index contributed by atoms with van der Waals surface area (Å²) in [6.07, 6.45) is 3.66. The van der Waals surface area contributed by atoms with E-state index in [1.165, 1.54) is 18.5 Å². The normalized spacial score (nSPS) is 11.8. The molecule has 0 radical (unpaired) electrons. The molecular weight excluding hydrogens is 389 g/mol. The molecule has 1 aromatic carbocycles. The Labute approximate surface area is 134 Å². The molecule has 0 saturated carbocycles. The Morgan fingerprint density at radius 2 is 1.95 bits per heavy atom. The molecule has 2 rings (SSSR count). The molecule has 0 atom stereocenters. The molecule has 1 heterocycles. The summed E-state index contributed by atoms with van der Waals surface area (Å²) in [4.78, 5) is 6.63. The summed E-state index contributed by atoms with van der Waals surface area (Å²) in [5.41, 5.74) is 0.834. The van der Waals surface area contributed by atoms with E-state index in [0.717, 1.165) is 5.69 Å². The van der Waals surface area contributed by atoms with Crippen molar-refractivity contribution in [1.82, 2.24) is 14.7 Å². The first kappa shape index (κ1) is 15.8. The number of hydrogen-bond acceptors (Lipinski definition) is 3. The first-order valence-electron chi connectivity index (χ1n) is 5.51. The highest BCUT2D eigenvalue weighted by Gasteiger charge is 2.21. The van der Waals surface area contributed by atoms with Gasteiger partial charge in [-0.2, -0.15) is 0 Å². The third-order valence-corrected chi connectivity index (χ3v) is 5.31. The molecule has 20 heavy (non-hydrogen) atoms. The number of nitrogens with one attached hydrogen (secondary N) is 2. The van der Waals surface area contributed by atoms with Gasteiger partial charge in [0.05, 0.1) is 16.4 Å². The Kier molecular flexibility index (Phi) is 5.09. The minimum atomic E-state index is -3.76. The third kappa shape index (κ3) is 3.73.